The van der Waals surface area contributed by atoms with E-state index >= 15 is 0 Å². The molecule has 2 rings (SSSR count). The standard InChI is InChI=1S/C9H9N3S2.HI/c1-2-13-9-8(11-14-12-9)7-4-3-5-10-6-7;/h3-6H,2H2,1H3;1H. The van der Waals surface area contributed by atoms with Crippen LogP contribution in [0.3, 0.4) is 0 Å². The van der Waals surface area contributed by atoms with Crippen molar-refractivity contribution < 1.29 is 29.0 Å². The van der Waals surface area contributed by atoms with Crippen LogP contribution in [0.2, 0.25) is 0 Å². The van der Waals surface area contributed by atoms with Crippen molar-refractivity contribution in [3.63, 3.8) is 0 Å². The maximum absolute atomic E-state index is 4.29. The predicted octanol–water partition coefficient (Wildman–Crippen LogP) is -0.865. The van der Waals surface area contributed by atoms with Crippen LogP contribution >= 0.6 is 23.5 Å². The molecule has 0 fully saturated rings. The summed E-state index contributed by atoms with van der Waals surface area (Å²) in [5, 5.41) is 1.03. The summed E-state index contributed by atoms with van der Waals surface area (Å²) in [4.78, 5) is 3.05. The first kappa shape index (κ1) is 12.9. The number of thioether (sulfide) groups is 1. The van der Waals surface area contributed by atoms with E-state index in [-0.39, 0.29) is 24.0 Å². The van der Waals surface area contributed by atoms with Gasteiger partial charge in [-0.2, -0.15) is 8.75 Å². The van der Waals surface area contributed by atoms with Gasteiger partial charge in [0.2, 0.25) is 0 Å². The van der Waals surface area contributed by atoms with Gasteiger partial charge >= 0.3 is 0 Å². The maximum atomic E-state index is 4.29. The zero-order valence-electron chi connectivity index (χ0n) is 8.11. The number of aromatic nitrogens is 3. The lowest BCUT2D eigenvalue weighted by Gasteiger charge is -1.95. The Balaban J connectivity index is 0.00000112. The molecular formula is C9H10IN3S2. The number of H-pyrrole nitrogens is 1. The minimum Gasteiger partial charge on any atom is -1.00 e. The summed E-state index contributed by atoms with van der Waals surface area (Å²) in [7, 11) is 0. The minimum absolute atomic E-state index is 0. The van der Waals surface area contributed by atoms with Crippen molar-refractivity contribution in [3.8, 4) is 11.3 Å². The molecule has 0 aromatic carbocycles. The molecule has 0 atom stereocenters. The third kappa shape index (κ3) is 3.12. The van der Waals surface area contributed by atoms with Gasteiger partial charge in [-0.15, -0.1) is 11.8 Å². The second kappa shape index (κ2) is 6.39. The third-order valence-corrected chi connectivity index (χ3v) is 3.21. The van der Waals surface area contributed by atoms with Gasteiger partial charge in [0.05, 0.1) is 17.3 Å². The van der Waals surface area contributed by atoms with Crippen LogP contribution in [0.4, 0.5) is 0 Å². The Morgan fingerprint density at radius 3 is 3.00 bits per heavy atom. The number of rotatable bonds is 3. The highest BCUT2D eigenvalue weighted by Gasteiger charge is 2.11. The minimum atomic E-state index is 0. The molecule has 2 aromatic heterocycles. The van der Waals surface area contributed by atoms with Gasteiger partial charge in [0.15, 0.2) is 12.4 Å². The van der Waals surface area contributed by atoms with Crippen LogP contribution in [0.5, 0.6) is 0 Å². The molecule has 0 spiro atoms. The fourth-order valence-corrected chi connectivity index (χ4v) is 2.55. The molecule has 0 unspecified atom stereocenters. The van der Waals surface area contributed by atoms with Gasteiger partial charge in [0.1, 0.15) is 10.7 Å². The number of pyridine rings is 1. The summed E-state index contributed by atoms with van der Waals surface area (Å²) in [5.74, 6) is 1.02. The van der Waals surface area contributed by atoms with Crippen LogP contribution in [0, 0.1) is 0 Å². The molecule has 0 bridgehead atoms. The van der Waals surface area contributed by atoms with Crippen molar-refractivity contribution in [2.45, 2.75) is 11.9 Å². The second-order valence-corrected chi connectivity index (χ2v) is 4.42. The Kier molecular flexibility index (Phi) is 5.48. The smallest absolute Gasteiger partial charge is 0.176 e. The molecule has 2 heterocycles. The van der Waals surface area contributed by atoms with Crippen molar-refractivity contribution in [2.75, 3.05) is 5.75 Å². The topological polar surface area (TPSA) is 39.9 Å². The largest absolute Gasteiger partial charge is 1.00 e. The van der Waals surface area contributed by atoms with Crippen molar-refractivity contribution >= 4 is 23.5 Å². The average molecular weight is 351 g/mol. The van der Waals surface area contributed by atoms with Crippen LogP contribution in [0.15, 0.2) is 29.6 Å². The van der Waals surface area contributed by atoms with Gasteiger partial charge in [0, 0.05) is 6.07 Å². The van der Waals surface area contributed by atoms with Crippen LogP contribution in [0.25, 0.3) is 11.3 Å². The van der Waals surface area contributed by atoms with E-state index in [9.17, 15) is 0 Å². The second-order valence-electron chi connectivity index (χ2n) is 2.64. The van der Waals surface area contributed by atoms with Gasteiger partial charge in [-0.3, -0.25) is 0 Å². The lowest BCUT2D eigenvalue weighted by molar-refractivity contribution is -0.377. The van der Waals surface area contributed by atoms with E-state index < -0.39 is 0 Å². The summed E-state index contributed by atoms with van der Waals surface area (Å²) in [6, 6.07) is 4.00. The molecule has 2 aromatic rings. The molecular weight excluding hydrogens is 341 g/mol. The normalized spacial score (nSPS) is 9.67. The van der Waals surface area contributed by atoms with Gasteiger partial charge in [0.25, 0.3) is 0 Å². The maximum Gasteiger partial charge on any atom is 0.176 e. The zero-order chi connectivity index (χ0) is 9.80. The first-order valence-corrected chi connectivity index (χ1v) is 6.05. The van der Waals surface area contributed by atoms with E-state index in [1.807, 2.05) is 24.5 Å². The lowest BCUT2D eigenvalue weighted by Crippen LogP contribution is -3.00. The highest BCUT2D eigenvalue weighted by Crippen LogP contribution is 2.28. The molecule has 0 saturated carbocycles. The number of nitrogens with zero attached hydrogens (tertiary/aromatic N) is 2. The number of halogens is 1. The van der Waals surface area contributed by atoms with E-state index in [0.717, 1.165) is 22.0 Å². The van der Waals surface area contributed by atoms with Crippen molar-refractivity contribution in [3.05, 3.63) is 24.5 Å². The summed E-state index contributed by atoms with van der Waals surface area (Å²) in [6.45, 7) is 2.12. The lowest BCUT2D eigenvalue weighted by atomic mass is 10.2. The molecule has 0 aliphatic heterocycles. The Hall–Kier alpha value is -0.210. The molecule has 80 valence electrons. The molecule has 0 amide bonds. The zero-order valence-corrected chi connectivity index (χ0v) is 11.9. The third-order valence-electron chi connectivity index (χ3n) is 1.72. The Bertz CT molecular complexity index is 405. The molecule has 1 N–H and O–H groups in total. The first-order chi connectivity index (χ1) is 6.92. The van der Waals surface area contributed by atoms with E-state index in [1.165, 1.54) is 11.7 Å². The van der Waals surface area contributed by atoms with E-state index in [1.54, 1.807) is 11.8 Å². The quantitative estimate of drug-likeness (QED) is 0.534. The monoisotopic (exact) mass is 351 g/mol. The van der Waals surface area contributed by atoms with Gasteiger partial charge in [-0.1, -0.05) is 6.92 Å². The fourth-order valence-electron chi connectivity index (χ4n) is 1.13. The van der Waals surface area contributed by atoms with Crippen LogP contribution in [-0.2, 0) is 0 Å². The highest BCUT2D eigenvalue weighted by atomic mass is 127. The number of hydrogen-bond acceptors (Lipinski definition) is 4. The molecule has 15 heavy (non-hydrogen) atoms. The molecule has 6 heteroatoms. The molecule has 3 nitrogen and oxygen atoms in total. The van der Waals surface area contributed by atoms with Gasteiger partial charge in [-0.05, 0) is 11.8 Å². The number of hydrogen-bond donors (Lipinski definition) is 0. The van der Waals surface area contributed by atoms with Crippen LogP contribution in [-0.4, -0.2) is 14.5 Å². The number of aromatic amines is 1. The van der Waals surface area contributed by atoms with Crippen LogP contribution < -0.4 is 29.0 Å². The SMILES string of the molecule is CCSc1nsnc1-c1ccc[nH+]c1.[I-]. The fraction of sp³-hybridized carbons (Fsp3) is 0.222. The summed E-state index contributed by atoms with van der Waals surface area (Å²) in [6.07, 6.45) is 3.83. The first-order valence-electron chi connectivity index (χ1n) is 4.33. The predicted molar refractivity (Wildman–Crippen MR) is 58.3 cm³/mol. The van der Waals surface area contributed by atoms with Gasteiger partial charge in [-0.25, -0.2) is 4.98 Å². The molecule has 0 radical (unpaired) electrons. The number of nitrogens with one attached hydrogen (secondary N) is 1. The molecule has 0 aliphatic carbocycles. The summed E-state index contributed by atoms with van der Waals surface area (Å²) < 4.78 is 8.56. The molecule has 0 saturated heterocycles. The van der Waals surface area contributed by atoms with E-state index in [2.05, 4.69) is 20.7 Å². The summed E-state index contributed by atoms with van der Waals surface area (Å²) >= 11 is 2.99. The summed E-state index contributed by atoms with van der Waals surface area (Å²) in [5.41, 5.74) is 2.08. The van der Waals surface area contributed by atoms with Gasteiger partial charge < -0.3 is 24.0 Å². The highest BCUT2D eigenvalue weighted by molar-refractivity contribution is 7.99. The Morgan fingerprint density at radius 2 is 2.33 bits per heavy atom. The Morgan fingerprint density at radius 1 is 1.47 bits per heavy atom. The Labute approximate surface area is 114 Å². The van der Waals surface area contributed by atoms with E-state index in [0.29, 0.717) is 0 Å². The van der Waals surface area contributed by atoms with Crippen molar-refractivity contribution in [1.29, 1.82) is 0 Å². The molecule has 0 aliphatic rings. The average Bonchev–Trinajstić information content (AvgIpc) is 2.68. The van der Waals surface area contributed by atoms with E-state index in [4.69, 9.17) is 0 Å². The van der Waals surface area contributed by atoms with Crippen molar-refractivity contribution in [2.24, 2.45) is 0 Å². The van der Waals surface area contributed by atoms with Crippen molar-refractivity contribution in [1.82, 2.24) is 8.75 Å². The van der Waals surface area contributed by atoms with Crippen LogP contribution in [0.1, 0.15) is 6.92 Å².